The second-order valence-electron chi connectivity index (χ2n) is 28.4. The molecule has 0 amide bonds. The van der Waals surface area contributed by atoms with Gasteiger partial charge in [0.05, 0.1) is 90.7 Å². The van der Waals surface area contributed by atoms with Crippen LogP contribution >= 0.6 is 69.7 Å². The number of carbonyl (C=O) groups is 6. The van der Waals surface area contributed by atoms with Crippen LogP contribution in [0, 0.1) is 20.4 Å². The number of fused-ring (bicyclic) bond motifs is 5. The Morgan fingerprint density at radius 3 is 1.57 bits per heavy atom. The Hall–Kier alpha value is -11.1. The molecule has 0 saturated carbocycles. The van der Waals surface area contributed by atoms with E-state index in [1.807, 2.05) is 90.7 Å². The number of ether oxygens (including phenoxy) is 6. The van der Waals surface area contributed by atoms with Crippen LogP contribution in [-0.2, 0) is 68.0 Å². The molecule has 0 spiro atoms. The minimum atomic E-state index is -0.925. The Morgan fingerprint density at radius 1 is 0.551 bits per heavy atom. The van der Waals surface area contributed by atoms with E-state index >= 15 is 0 Å². The number of aromatic hydroxyl groups is 8. The molecule has 9 aromatic rings. The zero-order valence-corrected chi connectivity index (χ0v) is 71.5. The molecule has 118 heavy (non-hydrogen) atoms. The molecule has 11 rings (SSSR count). The number of benzene rings is 6. The molecule has 0 radical (unpaired) electrons. The second kappa shape index (κ2) is 43.4. The molecule has 2 aliphatic heterocycles. The Balaban J connectivity index is 0.000000200. The summed E-state index contributed by atoms with van der Waals surface area (Å²) in [5.41, 5.74) is 4.61. The van der Waals surface area contributed by atoms with Crippen molar-refractivity contribution in [3.05, 3.63) is 182 Å². The molecule has 32 heteroatoms. The van der Waals surface area contributed by atoms with Gasteiger partial charge >= 0.3 is 35.8 Å². The van der Waals surface area contributed by atoms with Gasteiger partial charge in [-0.15, -0.1) is 11.3 Å². The smallest absolute Gasteiger partial charge is 0.347 e. The molecule has 0 bridgehead atoms. The van der Waals surface area contributed by atoms with Gasteiger partial charge in [-0.25, -0.2) is 43.8 Å². The van der Waals surface area contributed by atoms with Gasteiger partial charge in [0.2, 0.25) is 5.13 Å². The quantitative estimate of drug-likeness (QED) is 0.00198. The van der Waals surface area contributed by atoms with Gasteiger partial charge in [-0.05, 0) is 147 Å². The van der Waals surface area contributed by atoms with Crippen molar-refractivity contribution in [1.82, 2.24) is 9.97 Å². The van der Waals surface area contributed by atoms with E-state index in [1.165, 1.54) is 66.6 Å². The maximum absolute atomic E-state index is 13.1. The van der Waals surface area contributed by atoms with E-state index in [2.05, 4.69) is 58.7 Å². The summed E-state index contributed by atoms with van der Waals surface area (Å²) in [6, 6.07) is 24.4. The fraction of sp³-hybridized carbons (Fsp3) is 0.326. The highest BCUT2D eigenvalue weighted by Crippen LogP contribution is 2.62. The number of furan rings is 1. The summed E-state index contributed by atoms with van der Waals surface area (Å²) >= 11 is 6.98. The normalized spacial score (nSPS) is 12.5. The molecule has 0 atom stereocenters. The number of phenolic OH excluding ortho intramolecular Hbond substituents is 8. The van der Waals surface area contributed by atoms with Crippen LogP contribution < -0.4 is 5.01 Å². The zero-order valence-electron chi connectivity index (χ0n) is 66.6. The predicted octanol–water partition coefficient (Wildman–Crippen LogP) is 19.5. The van der Waals surface area contributed by atoms with Crippen LogP contribution in [0.3, 0.4) is 0 Å². The van der Waals surface area contributed by atoms with Gasteiger partial charge in [-0.2, -0.15) is 5.10 Å². The zero-order chi connectivity index (χ0) is 86.1. The van der Waals surface area contributed by atoms with Crippen LogP contribution in [0.5, 0.6) is 46.0 Å². The number of rotatable bonds is 30. The van der Waals surface area contributed by atoms with E-state index in [0.29, 0.717) is 100 Å². The number of thioether (sulfide) groups is 4. The minimum Gasteiger partial charge on any atom is -0.508 e. The molecule has 0 unspecified atom stereocenters. The number of aromatic nitrogens is 2. The first-order valence-corrected chi connectivity index (χ1v) is 42.3. The summed E-state index contributed by atoms with van der Waals surface area (Å²) in [6.07, 6.45) is 11.8. The van der Waals surface area contributed by atoms with Crippen molar-refractivity contribution in [3.63, 3.8) is 0 Å². The van der Waals surface area contributed by atoms with E-state index in [0.717, 1.165) is 122 Å². The molecule has 6 aromatic carbocycles. The third-order valence-electron chi connectivity index (χ3n) is 17.2. The number of unbranched alkanes of at least 4 members (excludes halogenated alkanes) is 6. The van der Waals surface area contributed by atoms with Gasteiger partial charge in [-0.1, -0.05) is 164 Å². The van der Waals surface area contributed by atoms with E-state index < -0.39 is 46.6 Å². The molecule has 2 aliphatic rings. The molecule has 0 saturated heterocycles. The molecule has 0 aliphatic carbocycles. The lowest BCUT2D eigenvalue weighted by Gasteiger charge is -2.22. The van der Waals surface area contributed by atoms with Crippen molar-refractivity contribution in [2.24, 2.45) is 5.10 Å². The van der Waals surface area contributed by atoms with Crippen molar-refractivity contribution in [3.8, 4) is 56.8 Å². The minimum absolute atomic E-state index is 0.00741. The van der Waals surface area contributed by atoms with Crippen LogP contribution in [0.2, 0.25) is 0 Å². The number of phenols is 8. The monoisotopic (exact) mass is 1720 g/mol. The average molecular weight is 1730 g/mol. The number of anilines is 1. The van der Waals surface area contributed by atoms with Gasteiger partial charge in [0, 0.05) is 46.8 Å². The Morgan fingerprint density at radius 2 is 1.05 bits per heavy atom. The van der Waals surface area contributed by atoms with E-state index in [4.69, 9.17) is 39.4 Å². The van der Waals surface area contributed by atoms with Gasteiger partial charge in [-0.3, -0.25) is 4.79 Å². The average Bonchev–Trinajstić information content (AvgIpc) is 1.64. The summed E-state index contributed by atoms with van der Waals surface area (Å²) in [6.45, 7) is 36.1. The number of carbonyl (C=O) groups excluding carboxylic acids is 6. The lowest BCUT2D eigenvalue weighted by Crippen LogP contribution is -2.20. The van der Waals surface area contributed by atoms with Crippen molar-refractivity contribution < 1.29 is 102 Å². The number of nitrogens with zero attached hydrogens (tertiary/aromatic N) is 5. The first kappa shape index (κ1) is 92.4. The SMILES string of the molecule is C=CC(=O)OCCCCOC(=O)C(C(=O)OCCCCOC(=O)C=C)=C1Sc2c(O)cc(C(C)(C)C)c(O)c2S1.CCCCCCN(/N=C/c1cc(O)ccc1O)c1nc2ccccc2s1.Cc1cc(C)c2cc(-c3nc4c(O)ccc(O)c4s3)oc2c1.[C-]#[N+]/C(C(=O)OCCCCOC(=O)C=C)=C1/Sc2c(O)cc(C(C)(C)C)c(O)c2S1. The Bertz CT molecular complexity index is 5230. The highest BCUT2D eigenvalue weighted by molar-refractivity contribution is 8.25. The van der Waals surface area contributed by atoms with Crippen LogP contribution in [0.25, 0.3) is 47.0 Å². The molecule has 624 valence electrons. The van der Waals surface area contributed by atoms with Gasteiger partial charge in [0.15, 0.2) is 16.3 Å². The fourth-order valence-corrected chi connectivity index (χ4v) is 18.1. The van der Waals surface area contributed by atoms with E-state index in [9.17, 15) is 69.6 Å². The molecular formula is C86H93N5O21S6. The number of para-hydroxylation sites is 1. The first-order chi connectivity index (χ1) is 56.2. The third kappa shape index (κ3) is 25.2. The predicted molar refractivity (Wildman–Crippen MR) is 461 cm³/mol. The fourth-order valence-electron chi connectivity index (χ4n) is 11.1. The molecule has 8 N–H and O–H groups in total. The summed E-state index contributed by atoms with van der Waals surface area (Å²) in [5.74, 6) is -3.36. The Labute approximate surface area is 707 Å². The largest absolute Gasteiger partial charge is 0.508 e. The highest BCUT2D eigenvalue weighted by Gasteiger charge is 2.38. The standard InChI is InChI=1S/C28H34O10S2.C21H23NO6S2.C20H23N3O2S.C17H13NO3S/c1-6-19(30)35-12-8-10-14-37-25(33)21(26(34)38-15-11-9-13-36-20(31)7-2)27-39-23-18(29)16-17(28(3,4)5)22(32)24(23)40-27;1-6-14(24)27-9-7-8-10-28-19(26)15(22-5)20-29-17-13(23)11-12(21(2,3)4)16(25)18(17)30-20;1-2-3-4-7-12-23(20-22-17-8-5-6-9-19(17)26-20)21-14-15-13-16(24)10-11-18(15)25;1-8-5-9(2)10-7-14(21-13(10)6-8)17-18-15-11(19)3-4-12(20)16(15)22-17/h6-7,16,29,32H,1-2,8-15H2,3-5H3;6,11,23,25H,1,7-10H2,2-4H3;5-6,8-11,13-14,24-25H,2-4,7,12H2,1H3;3-7,19-20H,1-2H3/b;20-15-;21-14+;. The van der Waals surface area contributed by atoms with Gasteiger partial charge < -0.3 is 73.7 Å². The van der Waals surface area contributed by atoms with Crippen molar-refractivity contribution in [2.75, 3.05) is 51.2 Å². The summed E-state index contributed by atoms with van der Waals surface area (Å²) in [4.78, 5) is 85.5. The number of hydrogen-bond donors (Lipinski definition) is 8. The summed E-state index contributed by atoms with van der Waals surface area (Å²) in [7, 11) is 0. The van der Waals surface area contributed by atoms with Crippen LogP contribution in [0.4, 0.5) is 5.13 Å². The topological polar surface area (TPSA) is 379 Å². The van der Waals surface area contributed by atoms with Crippen molar-refractivity contribution in [2.45, 2.75) is 157 Å². The highest BCUT2D eigenvalue weighted by atomic mass is 32.2. The van der Waals surface area contributed by atoms with Crippen LogP contribution in [-0.4, -0.2) is 139 Å². The molecule has 5 heterocycles. The molecular weight excluding hydrogens is 1630 g/mol. The number of esters is 6. The van der Waals surface area contributed by atoms with Gasteiger partial charge in [0.25, 0.3) is 5.70 Å². The van der Waals surface area contributed by atoms with Crippen molar-refractivity contribution in [1.29, 1.82) is 0 Å². The number of hydrazone groups is 1. The summed E-state index contributed by atoms with van der Waals surface area (Å²) in [5, 5.41) is 90.9. The van der Waals surface area contributed by atoms with E-state index in [1.54, 1.807) is 17.6 Å². The first-order valence-electron chi connectivity index (χ1n) is 37.4. The molecule has 26 nitrogen and oxygen atoms in total. The van der Waals surface area contributed by atoms with Crippen molar-refractivity contribution >= 4 is 148 Å². The maximum Gasteiger partial charge on any atom is 0.347 e. The number of aryl methyl sites for hydroxylation is 2. The second-order valence-corrected chi connectivity index (χ2v) is 35.0. The van der Waals surface area contributed by atoms with Crippen LogP contribution in [0.1, 0.15) is 140 Å². The maximum atomic E-state index is 13.1. The third-order valence-corrected chi connectivity index (χ3v) is 24.6. The lowest BCUT2D eigenvalue weighted by molar-refractivity contribution is -0.148. The lowest BCUT2D eigenvalue weighted by atomic mass is 9.86. The van der Waals surface area contributed by atoms with E-state index in [-0.39, 0.29) is 101 Å². The number of thiazole rings is 2. The van der Waals surface area contributed by atoms with Gasteiger partial charge in [0.1, 0.15) is 61.8 Å². The molecule has 0 fully saturated rings. The number of hydrogen-bond acceptors (Lipinski definition) is 31. The molecule has 3 aromatic heterocycles. The summed E-state index contributed by atoms with van der Waals surface area (Å²) < 4.78 is 38.5. The van der Waals surface area contributed by atoms with Crippen LogP contribution in [0.15, 0.2) is 172 Å². The Kier molecular flexibility index (Phi) is 34.0.